The summed E-state index contributed by atoms with van der Waals surface area (Å²) in [7, 11) is 0. The molecule has 2 aromatic rings. The number of pyridine rings is 1. The van der Waals surface area contributed by atoms with Gasteiger partial charge >= 0.3 is 0 Å². The summed E-state index contributed by atoms with van der Waals surface area (Å²) in [5.41, 5.74) is 8.52. The van der Waals surface area contributed by atoms with Crippen LogP contribution in [0.4, 0.5) is 14.5 Å². The van der Waals surface area contributed by atoms with E-state index in [9.17, 15) is 8.78 Å². The molecule has 5 nitrogen and oxygen atoms in total. The van der Waals surface area contributed by atoms with Crippen LogP contribution < -0.4 is 15.8 Å². The van der Waals surface area contributed by atoms with Gasteiger partial charge < -0.3 is 15.8 Å². The van der Waals surface area contributed by atoms with Gasteiger partial charge in [-0.05, 0) is 29.7 Å². The lowest BCUT2D eigenvalue weighted by Gasteiger charge is -2.11. The van der Waals surface area contributed by atoms with Gasteiger partial charge in [-0.3, -0.25) is 0 Å². The molecule has 0 fully saturated rings. The molecule has 0 spiro atoms. The average molecular weight is 476 g/mol. The number of guanidine groups is 1. The average Bonchev–Trinajstić information content (AvgIpc) is 2.59. The molecule has 3 N–H and O–H groups in total. The molecule has 26 heavy (non-hydrogen) atoms. The number of ether oxygens (including phenoxy) is 1. The van der Waals surface area contributed by atoms with Crippen molar-refractivity contribution in [3.8, 4) is 5.88 Å². The second-order valence-corrected chi connectivity index (χ2v) is 5.78. The number of anilines is 1. The molecular formula is C18H23F2IN4O. The van der Waals surface area contributed by atoms with Crippen LogP contribution in [0, 0.1) is 0 Å². The van der Waals surface area contributed by atoms with Crippen LogP contribution in [-0.4, -0.2) is 24.0 Å². The molecule has 0 aliphatic carbocycles. The second-order valence-electron chi connectivity index (χ2n) is 5.78. The molecule has 0 aliphatic rings. The first kappa shape index (κ1) is 22.1. The van der Waals surface area contributed by atoms with E-state index in [4.69, 9.17) is 10.5 Å². The minimum atomic E-state index is -2.56. The van der Waals surface area contributed by atoms with Gasteiger partial charge in [-0.25, -0.2) is 18.8 Å². The number of nitrogens with one attached hydrogen (secondary N) is 1. The number of alkyl halides is 2. The number of benzene rings is 1. The fourth-order valence-electron chi connectivity index (χ4n) is 2.15. The molecule has 0 saturated carbocycles. The summed E-state index contributed by atoms with van der Waals surface area (Å²) < 4.78 is 29.6. The number of hydrogen-bond donors (Lipinski definition) is 2. The highest BCUT2D eigenvalue weighted by Gasteiger charge is 2.09. The van der Waals surface area contributed by atoms with E-state index in [1.807, 2.05) is 24.3 Å². The van der Waals surface area contributed by atoms with Crippen LogP contribution in [0.15, 0.2) is 47.6 Å². The Balaban J connectivity index is 0.00000338. The van der Waals surface area contributed by atoms with E-state index in [1.165, 1.54) is 11.8 Å². The highest BCUT2D eigenvalue weighted by atomic mass is 127. The molecule has 1 heterocycles. The van der Waals surface area contributed by atoms with Crippen LogP contribution in [0.5, 0.6) is 5.88 Å². The van der Waals surface area contributed by atoms with Gasteiger partial charge in [-0.1, -0.05) is 32.0 Å². The second kappa shape index (κ2) is 10.9. The zero-order valence-electron chi connectivity index (χ0n) is 14.7. The maximum atomic E-state index is 12.3. The molecule has 8 heteroatoms. The monoisotopic (exact) mass is 476 g/mol. The predicted octanol–water partition coefficient (Wildman–Crippen LogP) is 4.39. The van der Waals surface area contributed by atoms with Crippen LogP contribution in [-0.2, 0) is 6.54 Å². The number of aliphatic imine (C=N–C) groups is 1. The van der Waals surface area contributed by atoms with Crippen molar-refractivity contribution in [2.75, 3.05) is 11.9 Å². The highest BCUT2D eigenvalue weighted by Crippen LogP contribution is 2.19. The Morgan fingerprint density at radius 3 is 2.73 bits per heavy atom. The van der Waals surface area contributed by atoms with E-state index in [0.29, 0.717) is 11.5 Å². The first-order chi connectivity index (χ1) is 12.0. The molecule has 142 valence electrons. The van der Waals surface area contributed by atoms with Crippen molar-refractivity contribution in [2.24, 2.45) is 10.7 Å². The summed E-state index contributed by atoms with van der Waals surface area (Å²) in [5.74, 6) is 0.774. The van der Waals surface area contributed by atoms with Crippen molar-refractivity contribution in [3.05, 3.63) is 53.7 Å². The lowest BCUT2D eigenvalue weighted by molar-refractivity contribution is 0.0791. The number of rotatable bonds is 7. The quantitative estimate of drug-likeness (QED) is 0.353. The summed E-state index contributed by atoms with van der Waals surface area (Å²) in [6, 6.07) is 11.3. The van der Waals surface area contributed by atoms with E-state index >= 15 is 0 Å². The maximum Gasteiger partial charge on any atom is 0.272 e. The van der Waals surface area contributed by atoms with Crippen LogP contribution >= 0.6 is 24.0 Å². The third kappa shape index (κ3) is 7.11. The SMILES string of the molecule is CC(C)c1cccc(NC(N)=NCc2cccnc2OCC(F)F)c1.I. The Morgan fingerprint density at radius 2 is 2.04 bits per heavy atom. The topological polar surface area (TPSA) is 72.5 Å². The van der Waals surface area contributed by atoms with Crippen molar-refractivity contribution in [2.45, 2.75) is 32.7 Å². The molecule has 0 unspecified atom stereocenters. The predicted molar refractivity (Wildman–Crippen MR) is 111 cm³/mol. The summed E-state index contributed by atoms with van der Waals surface area (Å²) in [6.07, 6.45) is -1.08. The van der Waals surface area contributed by atoms with Crippen molar-refractivity contribution in [3.63, 3.8) is 0 Å². The van der Waals surface area contributed by atoms with Gasteiger partial charge in [0.15, 0.2) is 12.6 Å². The lowest BCUT2D eigenvalue weighted by Crippen LogP contribution is -2.22. The van der Waals surface area contributed by atoms with Gasteiger partial charge in [0.25, 0.3) is 6.43 Å². The molecular weight excluding hydrogens is 453 g/mol. The molecule has 0 amide bonds. The number of hydrogen-bond acceptors (Lipinski definition) is 3. The first-order valence-corrected chi connectivity index (χ1v) is 7.97. The van der Waals surface area contributed by atoms with Crippen LogP contribution in [0.25, 0.3) is 0 Å². The van der Waals surface area contributed by atoms with Crippen LogP contribution in [0.3, 0.4) is 0 Å². The smallest absolute Gasteiger partial charge is 0.272 e. The molecule has 1 aromatic heterocycles. The first-order valence-electron chi connectivity index (χ1n) is 7.97. The highest BCUT2D eigenvalue weighted by molar-refractivity contribution is 14.0. The number of aromatic nitrogens is 1. The van der Waals surface area contributed by atoms with Gasteiger partial charge in [0, 0.05) is 17.4 Å². The minimum absolute atomic E-state index is 0. The Kier molecular flexibility index (Phi) is 9.25. The normalized spacial score (nSPS) is 11.4. The van der Waals surface area contributed by atoms with Gasteiger partial charge in [0.05, 0.1) is 6.54 Å². The number of nitrogens with zero attached hydrogens (tertiary/aromatic N) is 2. The summed E-state index contributed by atoms with van der Waals surface area (Å²) in [4.78, 5) is 8.19. The van der Waals surface area contributed by atoms with E-state index in [2.05, 4.69) is 29.1 Å². The Labute approximate surface area is 169 Å². The van der Waals surface area contributed by atoms with Crippen LogP contribution in [0.1, 0.15) is 30.9 Å². The van der Waals surface area contributed by atoms with Gasteiger partial charge in [0.2, 0.25) is 5.88 Å². The molecule has 1 aromatic carbocycles. The molecule has 0 aliphatic heterocycles. The third-order valence-corrected chi connectivity index (χ3v) is 3.44. The Hall–Kier alpha value is -1.97. The Morgan fingerprint density at radius 1 is 1.27 bits per heavy atom. The summed E-state index contributed by atoms with van der Waals surface area (Å²) in [5, 5.41) is 3.02. The molecule has 0 bridgehead atoms. The van der Waals surface area contributed by atoms with Crippen molar-refractivity contribution < 1.29 is 13.5 Å². The van der Waals surface area contributed by atoms with E-state index in [-0.39, 0.29) is 42.4 Å². The minimum Gasteiger partial charge on any atom is -0.471 e. The van der Waals surface area contributed by atoms with Crippen LogP contribution in [0.2, 0.25) is 0 Å². The largest absolute Gasteiger partial charge is 0.471 e. The number of nitrogens with two attached hydrogens (primary N) is 1. The molecule has 0 saturated heterocycles. The third-order valence-electron chi connectivity index (χ3n) is 3.44. The summed E-state index contributed by atoms with van der Waals surface area (Å²) in [6.45, 7) is 3.69. The molecule has 2 rings (SSSR count). The van der Waals surface area contributed by atoms with Gasteiger partial charge in [-0.2, -0.15) is 0 Å². The number of halogens is 3. The zero-order valence-corrected chi connectivity index (χ0v) is 17.0. The van der Waals surface area contributed by atoms with Gasteiger partial charge in [-0.15, -0.1) is 24.0 Å². The van der Waals surface area contributed by atoms with Crippen molar-refractivity contribution in [1.82, 2.24) is 4.98 Å². The van der Waals surface area contributed by atoms with E-state index in [1.54, 1.807) is 12.1 Å². The summed E-state index contributed by atoms with van der Waals surface area (Å²) >= 11 is 0. The van der Waals surface area contributed by atoms with Gasteiger partial charge in [0.1, 0.15) is 0 Å². The molecule has 0 atom stereocenters. The standard InChI is InChI=1S/C18H22F2N4O.HI/c1-12(2)13-5-3-7-15(9-13)24-18(21)23-10-14-6-4-8-22-17(14)25-11-16(19)20;/h3-9,12,16H,10-11H2,1-2H3,(H3,21,23,24);1H. The maximum absolute atomic E-state index is 12.3. The lowest BCUT2D eigenvalue weighted by atomic mass is 10.0. The molecule has 0 radical (unpaired) electrons. The fraction of sp³-hybridized carbons (Fsp3) is 0.333. The fourth-order valence-corrected chi connectivity index (χ4v) is 2.15. The zero-order chi connectivity index (χ0) is 18.2. The van der Waals surface area contributed by atoms with Crippen molar-refractivity contribution in [1.29, 1.82) is 0 Å². The van der Waals surface area contributed by atoms with Crippen molar-refractivity contribution >= 4 is 35.6 Å². The van der Waals surface area contributed by atoms with E-state index in [0.717, 1.165) is 5.69 Å². The van der Waals surface area contributed by atoms with E-state index < -0.39 is 13.0 Å². The Bertz CT molecular complexity index is 726.